The third kappa shape index (κ3) is 4.37. The summed E-state index contributed by atoms with van der Waals surface area (Å²) in [4.78, 5) is 4.03. The van der Waals surface area contributed by atoms with Gasteiger partial charge in [-0.1, -0.05) is 38.1 Å². The fourth-order valence-corrected chi connectivity index (χ4v) is 1.68. The molecule has 2 aromatic rings. The van der Waals surface area contributed by atoms with Crippen molar-refractivity contribution in [2.24, 2.45) is 7.05 Å². The van der Waals surface area contributed by atoms with Crippen LogP contribution in [-0.4, -0.2) is 20.8 Å². The molecular formula is C14H20N4O. The summed E-state index contributed by atoms with van der Waals surface area (Å²) in [6, 6.07) is 9.23. The van der Waals surface area contributed by atoms with Crippen molar-refractivity contribution in [1.29, 1.82) is 0 Å². The fraction of sp³-hybridized carbons (Fsp3) is 0.429. The molecule has 0 atom stereocenters. The molecule has 0 spiro atoms. The van der Waals surface area contributed by atoms with E-state index in [1.807, 2.05) is 19.2 Å². The van der Waals surface area contributed by atoms with E-state index in [0.29, 0.717) is 18.7 Å². The third-order valence-corrected chi connectivity index (χ3v) is 2.65. The lowest BCUT2D eigenvalue weighted by Crippen LogP contribution is -2.21. The number of nitrogens with one attached hydrogen (secondary N) is 1. The van der Waals surface area contributed by atoms with Crippen molar-refractivity contribution in [3.8, 4) is 6.01 Å². The average molecular weight is 260 g/mol. The Morgan fingerprint density at radius 1 is 1.32 bits per heavy atom. The Kier molecular flexibility index (Phi) is 4.52. The molecule has 0 aliphatic heterocycles. The van der Waals surface area contributed by atoms with Crippen LogP contribution in [0.1, 0.15) is 25.0 Å². The molecule has 1 N–H and O–H groups in total. The van der Waals surface area contributed by atoms with Gasteiger partial charge in [-0.2, -0.15) is 4.98 Å². The molecule has 0 aliphatic carbocycles. The number of aryl methyl sites for hydroxylation is 1. The van der Waals surface area contributed by atoms with Gasteiger partial charge in [-0.15, -0.1) is 5.10 Å². The summed E-state index contributed by atoms with van der Waals surface area (Å²) in [6.07, 6.45) is 1.62. The van der Waals surface area contributed by atoms with Gasteiger partial charge >= 0.3 is 6.01 Å². The Bertz CT molecular complexity index is 522. The Hall–Kier alpha value is -1.88. The topological polar surface area (TPSA) is 52.0 Å². The van der Waals surface area contributed by atoms with Crippen molar-refractivity contribution in [1.82, 2.24) is 20.1 Å². The number of aromatic nitrogens is 3. The lowest BCUT2D eigenvalue weighted by atomic mass is 10.1. The van der Waals surface area contributed by atoms with Gasteiger partial charge in [0, 0.05) is 19.6 Å². The number of hydrogen-bond acceptors (Lipinski definition) is 4. The maximum atomic E-state index is 5.53. The Morgan fingerprint density at radius 3 is 2.79 bits per heavy atom. The van der Waals surface area contributed by atoms with Crippen LogP contribution in [0, 0.1) is 0 Å². The first-order chi connectivity index (χ1) is 9.13. The van der Waals surface area contributed by atoms with Gasteiger partial charge in [-0.05, 0) is 11.1 Å². The number of nitrogens with zero attached hydrogens (tertiary/aromatic N) is 3. The highest BCUT2D eigenvalue weighted by Gasteiger charge is 2.02. The number of rotatable bonds is 6. The van der Waals surface area contributed by atoms with E-state index in [1.165, 1.54) is 5.56 Å². The highest BCUT2D eigenvalue weighted by atomic mass is 16.5. The quantitative estimate of drug-likeness (QED) is 0.861. The van der Waals surface area contributed by atoms with Gasteiger partial charge in [-0.25, -0.2) is 0 Å². The fourth-order valence-electron chi connectivity index (χ4n) is 1.68. The maximum absolute atomic E-state index is 5.53. The number of ether oxygens (including phenoxy) is 1. The molecule has 0 aliphatic rings. The highest BCUT2D eigenvalue weighted by Crippen LogP contribution is 2.09. The van der Waals surface area contributed by atoms with E-state index in [-0.39, 0.29) is 0 Å². The van der Waals surface area contributed by atoms with Crippen molar-refractivity contribution in [3.63, 3.8) is 0 Å². The van der Waals surface area contributed by atoms with Crippen LogP contribution in [0.4, 0.5) is 0 Å². The van der Waals surface area contributed by atoms with Crippen molar-refractivity contribution in [2.75, 3.05) is 0 Å². The lowest BCUT2D eigenvalue weighted by Gasteiger charge is -2.09. The summed E-state index contributed by atoms with van der Waals surface area (Å²) in [7, 11) is 1.82. The number of benzene rings is 1. The molecule has 0 saturated heterocycles. The third-order valence-electron chi connectivity index (χ3n) is 2.65. The smallest absolute Gasteiger partial charge is 0.335 e. The van der Waals surface area contributed by atoms with E-state index in [1.54, 1.807) is 11.0 Å². The van der Waals surface area contributed by atoms with E-state index in [2.05, 4.69) is 41.4 Å². The predicted octanol–water partition coefficient (Wildman–Crippen LogP) is 1.89. The van der Waals surface area contributed by atoms with Gasteiger partial charge in [0.2, 0.25) is 0 Å². The second-order valence-corrected chi connectivity index (χ2v) is 4.85. The minimum Gasteiger partial charge on any atom is -0.458 e. The monoisotopic (exact) mass is 260 g/mol. The largest absolute Gasteiger partial charge is 0.458 e. The summed E-state index contributed by atoms with van der Waals surface area (Å²) >= 11 is 0. The SMILES string of the molecule is CC(C)NCc1cccc(COc2ncn(C)n2)c1. The van der Waals surface area contributed by atoms with Crippen molar-refractivity contribution < 1.29 is 4.74 Å². The van der Waals surface area contributed by atoms with Crippen LogP contribution < -0.4 is 10.1 Å². The standard InChI is InChI=1S/C14H20N4O/c1-11(2)15-8-12-5-4-6-13(7-12)9-19-14-16-10-18(3)17-14/h4-7,10-11,15H,8-9H2,1-3H3. The van der Waals surface area contributed by atoms with Crippen LogP contribution in [0.3, 0.4) is 0 Å². The summed E-state index contributed by atoms with van der Waals surface area (Å²) in [5, 5.41) is 7.48. The molecule has 0 bridgehead atoms. The van der Waals surface area contributed by atoms with E-state index >= 15 is 0 Å². The van der Waals surface area contributed by atoms with Crippen LogP contribution in [0.15, 0.2) is 30.6 Å². The van der Waals surface area contributed by atoms with Gasteiger partial charge in [-0.3, -0.25) is 4.68 Å². The molecule has 5 nitrogen and oxygen atoms in total. The Labute approximate surface area is 113 Å². The first kappa shape index (κ1) is 13.5. The molecule has 0 fully saturated rings. The summed E-state index contributed by atoms with van der Waals surface area (Å²) < 4.78 is 7.15. The summed E-state index contributed by atoms with van der Waals surface area (Å²) in [5.74, 6) is 0. The molecule has 0 amide bonds. The van der Waals surface area contributed by atoms with Crippen LogP contribution in [0.5, 0.6) is 6.01 Å². The molecule has 19 heavy (non-hydrogen) atoms. The van der Waals surface area contributed by atoms with Crippen molar-refractivity contribution in [2.45, 2.75) is 33.0 Å². The zero-order valence-electron chi connectivity index (χ0n) is 11.6. The molecule has 1 aromatic carbocycles. The van der Waals surface area contributed by atoms with Gasteiger partial charge in [0.05, 0.1) is 0 Å². The maximum Gasteiger partial charge on any atom is 0.335 e. The molecule has 102 valence electrons. The molecule has 1 heterocycles. The minimum atomic E-state index is 0.410. The molecule has 0 saturated carbocycles. The molecular weight excluding hydrogens is 240 g/mol. The van der Waals surface area contributed by atoms with Gasteiger partial charge < -0.3 is 10.1 Å². The van der Waals surface area contributed by atoms with Crippen LogP contribution >= 0.6 is 0 Å². The van der Waals surface area contributed by atoms with Crippen LogP contribution in [0.25, 0.3) is 0 Å². The lowest BCUT2D eigenvalue weighted by molar-refractivity contribution is 0.280. The zero-order chi connectivity index (χ0) is 13.7. The van der Waals surface area contributed by atoms with E-state index in [4.69, 9.17) is 4.74 Å². The van der Waals surface area contributed by atoms with Crippen LogP contribution in [-0.2, 0) is 20.2 Å². The first-order valence-corrected chi connectivity index (χ1v) is 6.43. The van der Waals surface area contributed by atoms with E-state index < -0.39 is 0 Å². The Morgan fingerprint density at radius 2 is 2.11 bits per heavy atom. The summed E-state index contributed by atoms with van der Waals surface area (Å²) in [6.45, 7) is 5.63. The van der Waals surface area contributed by atoms with E-state index in [9.17, 15) is 0 Å². The van der Waals surface area contributed by atoms with Crippen molar-refractivity contribution >= 4 is 0 Å². The molecule has 0 unspecified atom stereocenters. The Balaban J connectivity index is 1.91. The predicted molar refractivity (Wildman–Crippen MR) is 73.8 cm³/mol. The minimum absolute atomic E-state index is 0.410. The normalized spacial score (nSPS) is 10.9. The highest BCUT2D eigenvalue weighted by molar-refractivity contribution is 5.23. The zero-order valence-corrected chi connectivity index (χ0v) is 11.6. The molecule has 1 aromatic heterocycles. The molecule has 5 heteroatoms. The van der Waals surface area contributed by atoms with Gasteiger partial charge in [0.25, 0.3) is 0 Å². The van der Waals surface area contributed by atoms with Gasteiger partial charge in [0.1, 0.15) is 12.9 Å². The second-order valence-electron chi connectivity index (χ2n) is 4.85. The number of hydrogen-bond donors (Lipinski definition) is 1. The van der Waals surface area contributed by atoms with E-state index in [0.717, 1.165) is 12.1 Å². The van der Waals surface area contributed by atoms with Gasteiger partial charge in [0.15, 0.2) is 0 Å². The molecule has 0 radical (unpaired) electrons. The van der Waals surface area contributed by atoms with Crippen molar-refractivity contribution in [3.05, 3.63) is 41.7 Å². The van der Waals surface area contributed by atoms with Crippen LogP contribution in [0.2, 0.25) is 0 Å². The second kappa shape index (κ2) is 6.33. The molecule has 2 rings (SSSR count). The average Bonchev–Trinajstić information content (AvgIpc) is 2.80. The summed E-state index contributed by atoms with van der Waals surface area (Å²) in [5.41, 5.74) is 2.37. The first-order valence-electron chi connectivity index (χ1n) is 6.43.